The Morgan fingerprint density at radius 1 is 0.531 bits per heavy atom. The lowest BCUT2D eigenvalue weighted by atomic mass is 10.3. The highest BCUT2D eigenvalue weighted by atomic mass is 31.2. The van der Waals surface area contributed by atoms with Crippen molar-refractivity contribution in [2.75, 3.05) is 0 Å². The molecule has 0 aliphatic carbocycles. The Hall–Kier alpha value is -3.06. The van der Waals surface area contributed by atoms with Crippen molar-refractivity contribution in [3.05, 3.63) is 121 Å². The van der Waals surface area contributed by atoms with Crippen LogP contribution in [0, 0.1) is 0 Å². The summed E-state index contributed by atoms with van der Waals surface area (Å²) in [5, 5.41) is 0.264. The molecule has 1 unspecified atom stereocenters. The molecule has 4 aromatic carbocycles. The first kappa shape index (κ1) is 22.1. The molecule has 1 atom stereocenters. The summed E-state index contributed by atoms with van der Waals surface area (Å²) in [5.41, 5.74) is 0. The third-order valence-electron chi connectivity index (χ3n) is 5.22. The van der Waals surface area contributed by atoms with E-state index in [9.17, 15) is 9.13 Å². The summed E-state index contributed by atoms with van der Waals surface area (Å²) in [6.45, 7) is 1.69. The molecule has 0 radical (unpaired) electrons. The van der Waals surface area contributed by atoms with Gasteiger partial charge in [-0.3, -0.25) is 0 Å². The first-order chi connectivity index (χ1) is 15.5. The largest absolute Gasteiger partial charge is 0.441 e. The molecule has 0 aliphatic rings. The molecule has 0 aliphatic heterocycles. The lowest BCUT2D eigenvalue weighted by Crippen LogP contribution is -2.27. The second-order valence-electron chi connectivity index (χ2n) is 7.31. The van der Waals surface area contributed by atoms with E-state index in [2.05, 4.69) is 0 Å². The van der Waals surface area contributed by atoms with Crippen molar-refractivity contribution in [2.24, 2.45) is 0 Å². The second kappa shape index (κ2) is 9.61. The van der Waals surface area contributed by atoms with Gasteiger partial charge in [-0.15, -0.1) is 0 Å². The lowest BCUT2D eigenvalue weighted by molar-refractivity contribution is 0.383. The van der Waals surface area contributed by atoms with Gasteiger partial charge in [0.05, 0.1) is 0 Å². The Morgan fingerprint density at radius 2 is 0.844 bits per heavy atom. The highest BCUT2D eigenvalue weighted by Crippen LogP contribution is 2.67. The van der Waals surface area contributed by atoms with Crippen molar-refractivity contribution in [3.8, 4) is 11.5 Å². The number of hydrogen-bond acceptors (Lipinski definition) is 4. The van der Waals surface area contributed by atoms with Gasteiger partial charge < -0.3 is 13.6 Å². The Kier molecular flexibility index (Phi) is 6.65. The maximum absolute atomic E-state index is 14.8. The van der Waals surface area contributed by atoms with Gasteiger partial charge in [0.25, 0.3) is 0 Å². The van der Waals surface area contributed by atoms with E-state index in [1.807, 2.05) is 48.5 Å². The van der Waals surface area contributed by atoms with Crippen LogP contribution in [0.15, 0.2) is 121 Å². The number of rotatable bonds is 8. The molecule has 0 saturated carbocycles. The molecule has 0 spiro atoms. The zero-order valence-electron chi connectivity index (χ0n) is 17.7. The van der Waals surface area contributed by atoms with Gasteiger partial charge in [-0.1, -0.05) is 97.1 Å². The predicted octanol–water partition coefficient (Wildman–Crippen LogP) is 6.70. The topological polar surface area (TPSA) is 52.6 Å². The van der Waals surface area contributed by atoms with Crippen LogP contribution >= 0.6 is 14.7 Å². The molecule has 4 aromatic rings. The maximum Gasteiger partial charge on any atom is 0.441 e. The fourth-order valence-corrected chi connectivity index (χ4v) is 9.75. The third-order valence-corrected chi connectivity index (χ3v) is 12.1. The summed E-state index contributed by atoms with van der Waals surface area (Å²) >= 11 is 0. The van der Waals surface area contributed by atoms with Gasteiger partial charge >= 0.3 is 7.60 Å². The van der Waals surface area contributed by atoms with Crippen LogP contribution in [0.5, 0.6) is 11.5 Å². The Morgan fingerprint density at radius 3 is 1.19 bits per heavy atom. The second-order valence-corrected chi connectivity index (χ2v) is 13.1. The molecule has 162 valence electrons. The minimum absolute atomic E-state index is 0.395. The normalized spacial score (nSPS) is 12.7. The molecule has 4 rings (SSSR count). The predicted molar refractivity (Wildman–Crippen MR) is 131 cm³/mol. The summed E-state index contributed by atoms with van der Waals surface area (Å²) in [6, 6.07) is 36.0. The summed E-state index contributed by atoms with van der Waals surface area (Å²) in [4.78, 5) is 0. The van der Waals surface area contributed by atoms with E-state index in [1.165, 1.54) is 0 Å². The summed E-state index contributed by atoms with van der Waals surface area (Å²) in [5.74, 6) is 0.789. The third kappa shape index (κ3) is 4.58. The molecule has 0 heterocycles. The van der Waals surface area contributed by atoms with Gasteiger partial charge in [-0.25, -0.2) is 4.57 Å². The van der Waals surface area contributed by atoms with E-state index in [1.54, 1.807) is 79.7 Å². The molecule has 6 heteroatoms. The molecular formula is C26H24O4P2. The molecule has 0 amide bonds. The molecule has 0 N–H and O–H groups in total. The van der Waals surface area contributed by atoms with Crippen molar-refractivity contribution >= 4 is 25.3 Å². The van der Waals surface area contributed by atoms with Crippen LogP contribution in [0.1, 0.15) is 6.92 Å². The molecular weight excluding hydrogens is 438 g/mol. The Balaban J connectivity index is 1.86. The average Bonchev–Trinajstić information content (AvgIpc) is 2.85. The van der Waals surface area contributed by atoms with Gasteiger partial charge in [0.15, 0.2) is 7.14 Å². The monoisotopic (exact) mass is 462 g/mol. The molecule has 0 saturated heterocycles. The number of benzene rings is 4. The molecule has 0 aromatic heterocycles. The fraction of sp³-hybridized carbons (Fsp3) is 0.0769. The number of para-hydroxylation sites is 2. The molecule has 32 heavy (non-hydrogen) atoms. The van der Waals surface area contributed by atoms with Crippen molar-refractivity contribution in [1.29, 1.82) is 0 Å². The van der Waals surface area contributed by atoms with E-state index in [0.717, 1.165) is 0 Å². The summed E-state index contributed by atoms with van der Waals surface area (Å²) < 4.78 is 41.3. The van der Waals surface area contributed by atoms with E-state index in [0.29, 0.717) is 22.1 Å². The van der Waals surface area contributed by atoms with Gasteiger partial charge in [0.1, 0.15) is 16.9 Å². The quantitative estimate of drug-likeness (QED) is 0.274. The van der Waals surface area contributed by atoms with E-state index in [-0.39, 0.29) is 0 Å². The lowest BCUT2D eigenvalue weighted by Gasteiger charge is -2.31. The minimum Gasteiger partial charge on any atom is -0.416 e. The van der Waals surface area contributed by atoms with E-state index in [4.69, 9.17) is 9.05 Å². The molecule has 0 fully saturated rings. The fourth-order valence-electron chi connectivity index (χ4n) is 3.51. The van der Waals surface area contributed by atoms with Crippen LogP contribution in [-0.2, 0) is 9.13 Å². The number of hydrogen-bond donors (Lipinski definition) is 0. The first-order valence-corrected chi connectivity index (χ1v) is 13.7. The van der Waals surface area contributed by atoms with Gasteiger partial charge in [-0.05, 0) is 31.2 Å². The first-order valence-electron chi connectivity index (χ1n) is 10.3. The van der Waals surface area contributed by atoms with E-state index >= 15 is 0 Å². The van der Waals surface area contributed by atoms with Crippen LogP contribution in [0.3, 0.4) is 0 Å². The maximum atomic E-state index is 14.8. The molecule has 4 nitrogen and oxygen atoms in total. The van der Waals surface area contributed by atoms with Crippen molar-refractivity contribution in [3.63, 3.8) is 0 Å². The van der Waals surface area contributed by atoms with Gasteiger partial charge in [0, 0.05) is 10.6 Å². The highest BCUT2D eigenvalue weighted by Gasteiger charge is 2.49. The zero-order chi connectivity index (χ0) is 22.4. The zero-order valence-corrected chi connectivity index (χ0v) is 19.4. The van der Waals surface area contributed by atoms with Crippen LogP contribution in [-0.4, -0.2) is 5.40 Å². The SMILES string of the molecule is CC(P(=O)(Oc1ccccc1)Oc1ccccc1)P(=O)(c1ccccc1)c1ccccc1. The van der Waals surface area contributed by atoms with Crippen LogP contribution in [0.25, 0.3) is 0 Å². The van der Waals surface area contributed by atoms with Gasteiger partial charge in [0.2, 0.25) is 0 Å². The van der Waals surface area contributed by atoms with Crippen molar-refractivity contribution in [1.82, 2.24) is 0 Å². The molecule has 0 bridgehead atoms. The minimum atomic E-state index is -3.97. The summed E-state index contributed by atoms with van der Waals surface area (Å²) in [6.07, 6.45) is 0. The Bertz CT molecular complexity index is 1140. The van der Waals surface area contributed by atoms with Crippen LogP contribution in [0.4, 0.5) is 0 Å². The van der Waals surface area contributed by atoms with E-state index < -0.39 is 20.1 Å². The van der Waals surface area contributed by atoms with Gasteiger partial charge in [-0.2, -0.15) is 0 Å². The van der Waals surface area contributed by atoms with Crippen LogP contribution in [0.2, 0.25) is 0 Å². The van der Waals surface area contributed by atoms with Crippen LogP contribution < -0.4 is 19.7 Å². The summed E-state index contributed by atoms with van der Waals surface area (Å²) in [7, 11) is -7.39. The average molecular weight is 462 g/mol. The van der Waals surface area contributed by atoms with Crippen molar-refractivity contribution in [2.45, 2.75) is 12.3 Å². The highest BCUT2D eigenvalue weighted by molar-refractivity contribution is 7.87. The van der Waals surface area contributed by atoms with Crippen molar-refractivity contribution < 1.29 is 18.2 Å². The smallest absolute Gasteiger partial charge is 0.416 e. The standard InChI is InChI=1S/C26H24O4P2/c1-22(31(27,25-18-10-4-11-19-25)26-20-12-5-13-21-26)32(28,29-23-14-6-2-7-15-23)30-24-16-8-3-9-17-24/h2-22H,1H3. The Labute approximate surface area is 188 Å².